The zero-order valence-corrected chi connectivity index (χ0v) is 14.7. The van der Waals surface area contributed by atoms with E-state index in [-0.39, 0.29) is 24.8 Å². The quantitative estimate of drug-likeness (QED) is 0.656. The van der Waals surface area contributed by atoms with E-state index in [1.807, 2.05) is 0 Å². The largest absolute Gasteiger partial charge is 0.147 e. The molecule has 0 spiro atoms. The van der Waals surface area contributed by atoms with Gasteiger partial charge in [0.15, 0.2) is 0 Å². The molecule has 0 heterocycles. The van der Waals surface area contributed by atoms with Crippen LogP contribution >= 0.6 is 24.8 Å². The van der Waals surface area contributed by atoms with Crippen molar-refractivity contribution in [3.8, 4) is 0 Å². The Morgan fingerprint density at radius 1 is 1.06 bits per heavy atom. The fourth-order valence-electron chi connectivity index (χ4n) is 2.06. The van der Waals surface area contributed by atoms with E-state index in [0.29, 0.717) is 5.41 Å². The van der Waals surface area contributed by atoms with E-state index >= 15 is 0 Å². The van der Waals surface area contributed by atoms with Crippen LogP contribution in [0, 0.1) is 5.41 Å². The standard InChI is InChI=1S/C9H13.C5H5.2ClH.Zr/c1-9(2,3)8-6-4-5-7-8;1-2-4-5-3-1;;;/h4,6H,5H2,1-3H3;1-3H,4H2;2*1H;. The van der Waals surface area contributed by atoms with Gasteiger partial charge < -0.3 is 0 Å². The molecule has 0 N–H and O–H groups in total. The molecule has 0 saturated carbocycles. The van der Waals surface area contributed by atoms with E-state index in [1.54, 1.807) is 12.1 Å². The van der Waals surface area contributed by atoms with Crippen LogP contribution in [0.15, 0.2) is 42.5 Å². The first-order valence-corrected chi connectivity index (χ1v) is 8.06. The molecule has 0 unspecified atom stereocenters. The molecule has 0 aromatic carbocycles. The van der Waals surface area contributed by atoms with E-state index < -0.39 is 23.2 Å². The van der Waals surface area contributed by atoms with Crippen LogP contribution in [-0.4, -0.2) is 0 Å². The summed E-state index contributed by atoms with van der Waals surface area (Å²) >= 11 is -0.443. The molecule has 94 valence electrons. The van der Waals surface area contributed by atoms with E-state index in [0.717, 1.165) is 0 Å². The first-order chi connectivity index (χ1) is 7.07. The third kappa shape index (κ3) is 4.54. The molecule has 2 aliphatic carbocycles. The van der Waals surface area contributed by atoms with Crippen molar-refractivity contribution in [2.75, 3.05) is 0 Å². The van der Waals surface area contributed by atoms with Crippen molar-refractivity contribution >= 4 is 24.8 Å². The van der Waals surface area contributed by atoms with Gasteiger partial charge in [-0.15, -0.1) is 24.8 Å². The minimum absolute atomic E-state index is 0. The van der Waals surface area contributed by atoms with Gasteiger partial charge >= 0.3 is 105 Å². The third-order valence-electron chi connectivity index (χ3n) is 2.82. The van der Waals surface area contributed by atoms with Crippen molar-refractivity contribution < 1.29 is 23.2 Å². The van der Waals surface area contributed by atoms with Crippen LogP contribution in [0.5, 0.6) is 0 Å². The second-order valence-electron chi connectivity index (χ2n) is 5.20. The second kappa shape index (κ2) is 7.12. The van der Waals surface area contributed by atoms with E-state index in [4.69, 9.17) is 0 Å². The van der Waals surface area contributed by atoms with Gasteiger partial charge in [0.25, 0.3) is 0 Å². The monoisotopic (exact) mass is 348 g/mol. The van der Waals surface area contributed by atoms with Gasteiger partial charge in [-0.05, 0) is 0 Å². The van der Waals surface area contributed by atoms with Gasteiger partial charge in [-0.3, -0.25) is 0 Å². The number of halogens is 2. The van der Waals surface area contributed by atoms with Crippen molar-refractivity contribution in [1.82, 2.24) is 0 Å². The number of hydrogen-bond donors (Lipinski definition) is 0. The third-order valence-corrected chi connectivity index (χ3v) is 6.43. The minimum atomic E-state index is -0.443. The van der Waals surface area contributed by atoms with Gasteiger partial charge in [0.05, 0.1) is 0 Å². The first-order valence-electron chi connectivity index (χ1n) is 5.60. The summed E-state index contributed by atoms with van der Waals surface area (Å²) in [5.74, 6) is 0. The van der Waals surface area contributed by atoms with Crippen LogP contribution in [0.3, 0.4) is 0 Å². The Morgan fingerprint density at radius 2 is 1.76 bits per heavy atom. The van der Waals surface area contributed by atoms with Crippen molar-refractivity contribution in [2.45, 2.75) is 33.6 Å². The molecule has 0 aromatic rings. The topological polar surface area (TPSA) is 0 Å². The Balaban J connectivity index is 0.00000128. The molecule has 2 rings (SSSR count). The summed E-state index contributed by atoms with van der Waals surface area (Å²) in [6.07, 6.45) is 14.0. The fraction of sp³-hybridized carbons (Fsp3) is 0.429. The molecule has 0 radical (unpaired) electrons. The number of rotatable bonds is 2. The van der Waals surface area contributed by atoms with Crippen LogP contribution < -0.4 is 0 Å². The Bertz CT molecular complexity index is 382. The Hall–Kier alpha value is 0.423. The molecule has 0 bridgehead atoms. The summed E-state index contributed by atoms with van der Waals surface area (Å²) in [6, 6.07) is 0. The molecule has 0 nitrogen and oxygen atoms in total. The predicted molar refractivity (Wildman–Crippen MR) is 76.6 cm³/mol. The molecule has 0 aliphatic heterocycles. The summed E-state index contributed by atoms with van der Waals surface area (Å²) in [7, 11) is 0. The van der Waals surface area contributed by atoms with E-state index in [1.165, 1.54) is 12.8 Å². The Labute approximate surface area is 129 Å². The zero-order chi connectivity index (χ0) is 10.9. The summed E-state index contributed by atoms with van der Waals surface area (Å²) in [6.45, 7) is 7.00. The Morgan fingerprint density at radius 3 is 2.29 bits per heavy atom. The van der Waals surface area contributed by atoms with Gasteiger partial charge in [0.2, 0.25) is 0 Å². The molecular weight excluding hydrogens is 330 g/mol. The SMILES string of the molecule is CC(C)(C)C1=[C]([Zr][C]2=CC=CC2)CC=C1.Cl.Cl. The average molecular weight is 350 g/mol. The predicted octanol–water partition coefficient (Wildman–Crippen LogP) is 5.02. The van der Waals surface area contributed by atoms with Crippen molar-refractivity contribution in [1.29, 1.82) is 0 Å². The van der Waals surface area contributed by atoms with E-state index in [2.05, 4.69) is 51.2 Å². The fourth-order valence-corrected chi connectivity index (χ4v) is 5.99. The molecule has 17 heavy (non-hydrogen) atoms. The maximum absolute atomic E-state index is 2.36. The summed E-state index contributed by atoms with van der Waals surface area (Å²) in [4.78, 5) is 0. The maximum atomic E-state index is 2.36. The molecule has 0 fully saturated rings. The maximum Gasteiger partial charge on any atom is -0.147 e. The van der Waals surface area contributed by atoms with Gasteiger partial charge in [0.1, 0.15) is 0 Å². The van der Waals surface area contributed by atoms with Gasteiger partial charge in [-0.2, -0.15) is 0 Å². The van der Waals surface area contributed by atoms with E-state index in [9.17, 15) is 0 Å². The van der Waals surface area contributed by atoms with Crippen LogP contribution in [0.4, 0.5) is 0 Å². The molecule has 0 atom stereocenters. The number of hydrogen-bond acceptors (Lipinski definition) is 0. The molecule has 0 amide bonds. The molecule has 0 saturated heterocycles. The average Bonchev–Trinajstić information content (AvgIpc) is 2.73. The molecule has 0 aromatic heterocycles. The van der Waals surface area contributed by atoms with Crippen molar-refractivity contribution in [3.63, 3.8) is 0 Å². The Kier molecular flexibility index (Phi) is 7.30. The van der Waals surface area contributed by atoms with Crippen LogP contribution in [0.25, 0.3) is 0 Å². The minimum Gasteiger partial charge on any atom is -0.147 e. The van der Waals surface area contributed by atoms with Crippen LogP contribution in [-0.2, 0) is 23.2 Å². The molecule has 3 heteroatoms. The second-order valence-corrected chi connectivity index (χ2v) is 8.87. The normalized spacial score (nSPS) is 17.7. The summed E-state index contributed by atoms with van der Waals surface area (Å²) < 4.78 is 3.53. The molecule has 2 aliphatic rings. The van der Waals surface area contributed by atoms with Crippen molar-refractivity contribution in [2.24, 2.45) is 5.41 Å². The number of allylic oxidation sites excluding steroid dienone is 8. The van der Waals surface area contributed by atoms with Crippen LogP contribution in [0.1, 0.15) is 33.6 Å². The van der Waals surface area contributed by atoms with Gasteiger partial charge in [-0.25, -0.2) is 0 Å². The van der Waals surface area contributed by atoms with Crippen LogP contribution in [0.2, 0.25) is 0 Å². The first kappa shape index (κ1) is 17.4. The smallest absolute Gasteiger partial charge is 0.147 e. The zero-order valence-electron chi connectivity index (χ0n) is 10.6. The van der Waals surface area contributed by atoms with Crippen molar-refractivity contribution in [3.05, 3.63) is 42.5 Å². The summed E-state index contributed by atoms with van der Waals surface area (Å²) in [5, 5.41) is 0. The summed E-state index contributed by atoms with van der Waals surface area (Å²) in [5.41, 5.74) is 1.97. The van der Waals surface area contributed by atoms with Gasteiger partial charge in [0, 0.05) is 0 Å². The van der Waals surface area contributed by atoms with Gasteiger partial charge in [-0.1, -0.05) is 0 Å². The molecular formula is C14H20Cl2Zr.